The van der Waals surface area contributed by atoms with Crippen molar-refractivity contribution < 1.29 is 19.1 Å². The average molecular weight is 329 g/mol. The first-order chi connectivity index (χ1) is 11.4. The van der Waals surface area contributed by atoms with E-state index < -0.39 is 5.97 Å². The molecule has 0 aliphatic heterocycles. The molecular formula is C19H23NO4. The number of hydrogen-bond acceptors (Lipinski definition) is 3. The first-order valence-corrected chi connectivity index (χ1v) is 8.04. The maximum Gasteiger partial charge on any atom is 0.339 e. The molecule has 128 valence electrons. The molecule has 0 aliphatic rings. The van der Waals surface area contributed by atoms with Gasteiger partial charge in [0.2, 0.25) is 0 Å². The van der Waals surface area contributed by atoms with Gasteiger partial charge in [-0.15, -0.1) is 0 Å². The van der Waals surface area contributed by atoms with Crippen LogP contribution in [0.2, 0.25) is 0 Å². The summed E-state index contributed by atoms with van der Waals surface area (Å²) >= 11 is 0. The van der Waals surface area contributed by atoms with E-state index in [9.17, 15) is 14.7 Å². The lowest BCUT2D eigenvalue weighted by molar-refractivity contribution is 0.0651. The molecule has 1 heterocycles. The standard InChI is InChI=1S/C19H23NO4/c1-5-15-14(19(22)23)11-16(24-15)18(21)20(4)17(12(2)3)13-9-7-6-8-10-13/h6-12,17H,5H2,1-4H3,(H,22,23). The van der Waals surface area contributed by atoms with E-state index in [1.54, 1.807) is 18.9 Å². The second kappa shape index (κ2) is 7.34. The van der Waals surface area contributed by atoms with E-state index in [0.29, 0.717) is 12.2 Å². The van der Waals surface area contributed by atoms with Crippen molar-refractivity contribution in [1.82, 2.24) is 4.90 Å². The van der Waals surface area contributed by atoms with Crippen LogP contribution in [-0.4, -0.2) is 28.9 Å². The third-order valence-corrected chi connectivity index (χ3v) is 4.08. The Hall–Kier alpha value is -2.56. The van der Waals surface area contributed by atoms with E-state index in [2.05, 4.69) is 0 Å². The Morgan fingerprint density at radius 1 is 1.21 bits per heavy atom. The number of rotatable bonds is 6. The Morgan fingerprint density at radius 3 is 2.29 bits per heavy atom. The summed E-state index contributed by atoms with van der Waals surface area (Å²) in [4.78, 5) is 25.7. The van der Waals surface area contributed by atoms with Gasteiger partial charge in [-0.05, 0) is 11.5 Å². The van der Waals surface area contributed by atoms with Crippen LogP contribution in [0.15, 0.2) is 40.8 Å². The zero-order valence-electron chi connectivity index (χ0n) is 14.4. The Balaban J connectivity index is 2.35. The Kier molecular flexibility index (Phi) is 5.44. The number of aromatic carboxylic acids is 1. The first-order valence-electron chi connectivity index (χ1n) is 8.04. The summed E-state index contributed by atoms with van der Waals surface area (Å²) in [6.45, 7) is 5.89. The van der Waals surface area contributed by atoms with Crippen molar-refractivity contribution in [2.24, 2.45) is 5.92 Å². The van der Waals surface area contributed by atoms with Crippen molar-refractivity contribution in [2.45, 2.75) is 33.2 Å². The molecule has 1 atom stereocenters. The lowest BCUT2D eigenvalue weighted by Gasteiger charge is -2.31. The van der Waals surface area contributed by atoms with Crippen molar-refractivity contribution in [2.75, 3.05) is 7.05 Å². The van der Waals surface area contributed by atoms with Crippen LogP contribution in [0.1, 0.15) is 59.0 Å². The number of carbonyl (C=O) groups excluding carboxylic acids is 1. The highest BCUT2D eigenvalue weighted by atomic mass is 16.4. The van der Waals surface area contributed by atoms with Gasteiger partial charge in [-0.1, -0.05) is 51.1 Å². The number of carboxylic acids is 1. The van der Waals surface area contributed by atoms with Crippen LogP contribution in [-0.2, 0) is 6.42 Å². The summed E-state index contributed by atoms with van der Waals surface area (Å²) in [6, 6.07) is 11.0. The minimum absolute atomic E-state index is 0.0510. The first kappa shape index (κ1) is 17.8. The molecule has 0 spiro atoms. The van der Waals surface area contributed by atoms with Crippen LogP contribution < -0.4 is 0 Å². The molecule has 0 saturated carbocycles. The molecule has 0 aliphatic carbocycles. The number of furan rings is 1. The minimum Gasteiger partial charge on any atom is -0.478 e. The van der Waals surface area contributed by atoms with Gasteiger partial charge in [-0.25, -0.2) is 4.79 Å². The monoisotopic (exact) mass is 329 g/mol. The quantitative estimate of drug-likeness (QED) is 0.869. The predicted molar refractivity (Wildman–Crippen MR) is 91.2 cm³/mol. The molecule has 5 heteroatoms. The van der Waals surface area contributed by atoms with Crippen molar-refractivity contribution in [3.05, 3.63) is 59.0 Å². The van der Waals surface area contributed by atoms with Crippen LogP contribution in [0.25, 0.3) is 0 Å². The lowest BCUT2D eigenvalue weighted by Crippen LogP contribution is -2.34. The van der Waals surface area contributed by atoms with Crippen LogP contribution in [0, 0.1) is 5.92 Å². The Bertz CT molecular complexity index is 718. The van der Waals surface area contributed by atoms with Crippen LogP contribution >= 0.6 is 0 Å². The highest BCUT2D eigenvalue weighted by Gasteiger charge is 2.29. The molecular weight excluding hydrogens is 306 g/mol. The maximum absolute atomic E-state index is 12.8. The number of aryl methyl sites for hydroxylation is 1. The van der Waals surface area contributed by atoms with Crippen molar-refractivity contribution in [1.29, 1.82) is 0 Å². The summed E-state index contributed by atoms with van der Waals surface area (Å²) in [5.74, 6) is -0.824. The molecule has 0 bridgehead atoms. The highest BCUT2D eigenvalue weighted by molar-refractivity contribution is 5.96. The number of amides is 1. The molecule has 1 amide bonds. The van der Waals surface area contributed by atoms with Gasteiger partial charge in [-0.3, -0.25) is 4.79 Å². The van der Waals surface area contributed by atoms with E-state index in [-0.39, 0.29) is 29.2 Å². The summed E-state index contributed by atoms with van der Waals surface area (Å²) in [5, 5.41) is 9.22. The fourth-order valence-electron chi connectivity index (χ4n) is 2.98. The van der Waals surface area contributed by atoms with E-state index in [0.717, 1.165) is 5.56 Å². The van der Waals surface area contributed by atoms with E-state index in [4.69, 9.17) is 4.42 Å². The molecule has 0 saturated heterocycles. The number of hydrogen-bond donors (Lipinski definition) is 1. The zero-order chi connectivity index (χ0) is 17.9. The molecule has 0 radical (unpaired) electrons. The van der Waals surface area contributed by atoms with Crippen LogP contribution in [0.4, 0.5) is 0 Å². The molecule has 2 rings (SSSR count). The third-order valence-electron chi connectivity index (χ3n) is 4.08. The Morgan fingerprint density at radius 2 is 1.83 bits per heavy atom. The highest BCUT2D eigenvalue weighted by Crippen LogP contribution is 2.29. The molecule has 1 aromatic carbocycles. The summed E-state index contributed by atoms with van der Waals surface area (Å²) in [6.07, 6.45) is 0.422. The number of carbonyl (C=O) groups is 2. The molecule has 0 fully saturated rings. The normalized spacial score (nSPS) is 12.2. The van der Waals surface area contributed by atoms with E-state index in [1.807, 2.05) is 44.2 Å². The average Bonchev–Trinajstić information content (AvgIpc) is 2.99. The minimum atomic E-state index is -1.08. The zero-order valence-corrected chi connectivity index (χ0v) is 14.4. The number of nitrogens with zero attached hydrogens (tertiary/aromatic N) is 1. The number of carboxylic acid groups (broad SMARTS) is 1. The topological polar surface area (TPSA) is 70.8 Å². The van der Waals surface area contributed by atoms with Crippen molar-refractivity contribution >= 4 is 11.9 Å². The molecule has 1 N–H and O–H groups in total. The summed E-state index contributed by atoms with van der Waals surface area (Å²) in [5.41, 5.74) is 1.08. The van der Waals surface area contributed by atoms with Gasteiger partial charge in [0, 0.05) is 19.5 Å². The van der Waals surface area contributed by atoms with E-state index in [1.165, 1.54) is 6.07 Å². The van der Waals surface area contributed by atoms with Gasteiger partial charge < -0.3 is 14.4 Å². The second-order valence-corrected chi connectivity index (χ2v) is 6.12. The molecule has 5 nitrogen and oxygen atoms in total. The Labute approximate surface area is 141 Å². The van der Waals surface area contributed by atoms with Crippen LogP contribution in [0.5, 0.6) is 0 Å². The van der Waals surface area contributed by atoms with Crippen molar-refractivity contribution in [3.63, 3.8) is 0 Å². The molecule has 2 aromatic rings. The van der Waals surface area contributed by atoms with Gasteiger partial charge in [0.05, 0.1) is 6.04 Å². The fraction of sp³-hybridized carbons (Fsp3) is 0.368. The summed E-state index contributed by atoms with van der Waals surface area (Å²) < 4.78 is 5.50. The fourth-order valence-corrected chi connectivity index (χ4v) is 2.98. The van der Waals surface area contributed by atoms with Gasteiger partial charge in [0.15, 0.2) is 5.76 Å². The predicted octanol–water partition coefficient (Wildman–Crippen LogP) is 4.01. The SMILES string of the molecule is CCc1oc(C(=O)N(C)C(c2ccccc2)C(C)C)cc1C(=O)O. The number of benzene rings is 1. The smallest absolute Gasteiger partial charge is 0.339 e. The van der Waals surface area contributed by atoms with E-state index >= 15 is 0 Å². The lowest BCUT2D eigenvalue weighted by atomic mass is 9.94. The third kappa shape index (κ3) is 3.50. The van der Waals surface area contributed by atoms with Gasteiger partial charge in [-0.2, -0.15) is 0 Å². The molecule has 1 aromatic heterocycles. The van der Waals surface area contributed by atoms with Gasteiger partial charge in [0.25, 0.3) is 5.91 Å². The van der Waals surface area contributed by atoms with Gasteiger partial charge >= 0.3 is 5.97 Å². The summed E-state index contributed by atoms with van der Waals surface area (Å²) in [7, 11) is 1.72. The molecule has 1 unspecified atom stereocenters. The van der Waals surface area contributed by atoms with Gasteiger partial charge in [0.1, 0.15) is 11.3 Å². The largest absolute Gasteiger partial charge is 0.478 e. The van der Waals surface area contributed by atoms with Crippen LogP contribution in [0.3, 0.4) is 0 Å². The maximum atomic E-state index is 12.8. The second-order valence-electron chi connectivity index (χ2n) is 6.12. The van der Waals surface area contributed by atoms with Crippen molar-refractivity contribution in [3.8, 4) is 0 Å². The molecule has 24 heavy (non-hydrogen) atoms.